The Balaban J connectivity index is 2.03. The molecule has 1 aliphatic heterocycles. The monoisotopic (exact) mass is 285 g/mol. The van der Waals surface area contributed by atoms with Crippen LogP contribution in [0, 0.1) is 6.92 Å². The van der Waals surface area contributed by atoms with E-state index in [0.717, 1.165) is 39.6 Å². The highest BCUT2D eigenvalue weighted by atomic mass is 15.0. The summed E-state index contributed by atoms with van der Waals surface area (Å²) in [7, 11) is 0. The minimum absolute atomic E-state index is 0.901. The predicted octanol–water partition coefficient (Wildman–Crippen LogP) is 4.62. The molecule has 106 valence electrons. The van der Waals surface area contributed by atoms with E-state index in [-0.39, 0.29) is 0 Å². The van der Waals surface area contributed by atoms with Gasteiger partial charge in [0.15, 0.2) is 0 Å². The Labute approximate surface area is 129 Å². The van der Waals surface area contributed by atoms with E-state index in [1.807, 2.05) is 49.5 Å². The van der Waals surface area contributed by atoms with Crippen LogP contribution in [0.4, 0.5) is 17.1 Å². The van der Waals surface area contributed by atoms with Crippen molar-refractivity contribution in [3.05, 3.63) is 83.7 Å². The number of hydrogen-bond donors (Lipinski definition) is 1. The Morgan fingerprint density at radius 2 is 1.59 bits per heavy atom. The highest BCUT2D eigenvalue weighted by Gasteiger charge is 2.18. The third kappa shape index (κ3) is 2.07. The minimum Gasteiger partial charge on any atom is -0.353 e. The molecule has 4 rings (SSSR count). The van der Waals surface area contributed by atoms with Crippen LogP contribution in [0.15, 0.2) is 71.9 Å². The van der Waals surface area contributed by atoms with Gasteiger partial charge in [-0.1, -0.05) is 48.5 Å². The van der Waals surface area contributed by atoms with Gasteiger partial charge in [0.1, 0.15) is 5.69 Å². The molecule has 0 fully saturated rings. The number of rotatable bonds is 1. The maximum absolute atomic E-state index is 4.94. The zero-order chi connectivity index (χ0) is 14.9. The second-order valence-electron chi connectivity index (χ2n) is 5.29. The van der Waals surface area contributed by atoms with Crippen molar-refractivity contribution in [2.45, 2.75) is 6.92 Å². The summed E-state index contributed by atoms with van der Waals surface area (Å²) in [5.41, 5.74) is 7.06. The normalized spacial score (nSPS) is 12.5. The van der Waals surface area contributed by atoms with Crippen LogP contribution in [0.25, 0.3) is 0 Å². The van der Waals surface area contributed by atoms with Crippen molar-refractivity contribution in [3.63, 3.8) is 0 Å². The first-order valence-electron chi connectivity index (χ1n) is 7.29. The highest BCUT2D eigenvalue weighted by Crippen LogP contribution is 2.36. The molecule has 0 saturated carbocycles. The summed E-state index contributed by atoms with van der Waals surface area (Å²) in [4.78, 5) is 9.32. The first kappa shape index (κ1) is 12.8. The lowest BCUT2D eigenvalue weighted by Crippen LogP contribution is -2.04. The molecule has 1 N–H and O–H groups in total. The summed E-state index contributed by atoms with van der Waals surface area (Å²) in [6.45, 7) is 1.99. The molecule has 0 radical (unpaired) electrons. The molecular weight excluding hydrogens is 270 g/mol. The number of aliphatic imine (C=N–C) groups is 1. The third-order valence-corrected chi connectivity index (χ3v) is 3.83. The van der Waals surface area contributed by atoms with Crippen LogP contribution < -0.4 is 5.32 Å². The number of aromatic nitrogens is 1. The number of nitrogens with one attached hydrogen (secondary N) is 1. The average Bonchev–Trinajstić information content (AvgIpc) is 2.73. The molecule has 1 aliphatic rings. The number of benzene rings is 2. The third-order valence-electron chi connectivity index (χ3n) is 3.83. The first-order valence-corrected chi connectivity index (χ1v) is 7.29. The van der Waals surface area contributed by atoms with E-state index in [4.69, 9.17) is 4.99 Å². The van der Waals surface area contributed by atoms with Gasteiger partial charge in [0, 0.05) is 23.0 Å². The zero-order valence-corrected chi connectivity index (χ0v) is 12.2. The van der Waals surface area contributed by atoms with E-state index in [1.54, 1.807) is 0 Å². The second-order valence-corrected chi connectivity index (χ2v) is 5.29. The van der Waals surface area contributed by atoms with Crippen LogP contribution in [0.1, 0.15) is 16.8 Å². The topological polar surface area (TPSA) is 37.3 Å². The van der Waals surface area contributed by atoms with Gasteiger partial charge < -0.3 is 5.32 Å². The van der Waals surface area contributed by atoms with Crippen LogP contribution in [0.5, 0.6) is 0 Å². The van der Waals surface area contributed by atoms with Crippen LogP contribution in [0.3, 0.4) is 0 Å². The van der Waals surface area contributed by atoms with Crippen molar-refractivity contribution in [2.75, 3.05) is 5.32 Å². The van der Waals surface area contributed by atoms with E-state index in [1.165, 1.54) is 0 Å². The Morgan fingerprint density at radius 1 is 0.818 bits per heavy atom. The molecule has 2 aromatic carbocycles. The fraction of sp³-hybridized carbons (Fsp3) is 0.0526. The molecule has 0 aliphatic carbocycles. The molecule has 3 heteroatoms. The van der Waals surface area contributed by atoms with Crippen LogP contribution in [0.2, 0.25) is 0 Å². The Bertz CT molecular complexity index is 867. The maximum atomic E-state index is 4.94. The molecule has 0 spiro atoms. The molecule has 22 heavy (non-hydrogen) atoms. The molecule has 0 unspecified atom stereocenters. The van der Waals surface area contributed by atoms with Crippen molar-refractivity contribution in [2.24, 2.45) is 4.99 Å². The summed E-state index contributed by atoms with van der Waals surface area (Å²) in [6, 6.07) is 20.5. The van der Waals surface area contributed by atoms with Crippen molar-refractivity contribution < 1.29 is 0 Å². The maximum Gasteiger partial charge on any atom is 0.108 e. The summed E-state index contributed by atoms with van der Waals surface area (Å²) in [5.74, 6) is 0. The molecule has 0 atom stereocenters. The summed E-state index contributed by atoms with van der Waals surface area (Å²) in [6.07, 6.45) is 1.81. The van der Waals surface area contributed by atoms with Gasteiger partial charge in [0.2, 0.25) is 0 Å². The first-order chi connectivity index (χ1) is 10.8. The number of fused-ring (bicyclic) bond motifs is 2. The van der Waals surface area contributed by atoms with Crippen LogP contribution >= 0.6 is 0 Å². The van der Waals surface area contributed by atoms with Crippen molar-refractivity contribution in [1.82, 2.24) is 4.98 Å². The van der Waals surface area contributed by atoms with E-state index in [9.17, 15) is 0 Å². The van der Waals surface area contributed by atoms with Crippen molar-refractivity contribution >= 4 is 22.8 Å². The molecular formula is C19H15N3. The number of hydrogen-bond acceptors (Lipinski definition) is 3. The van der Waals surface area contributed by atoms with Crippen molar-refractivity contribution in [1.29, 1.82) is 0 Å². The lowest BCUT2D eigenvalue weighted by Gasteiger charge is -2.10. The standard InChI is InChI=1S/C19H15N3/c1-13-18-17(11-12-20-13)21-16-10-6-5-9-15(16)19(22-18)14-7-3-2-4-8-14/h2-12,21H,1H3. The van der Waals surface area contributed by atoms with E-state index in [2.05, 4.69) is 34.6 Å². The fourth-order valence-corrected chi connectivity index (χ4v) is 2.73. The molecule has 0 amide bonds. The number of para-hydroxylation sites is 1. The average molecular weight is 285 g/mol. The Morgan fingerprint density at radius 3 is 2.45 bits per heavy atom. The van der Waals surface area contributed by atoms with Gasteiger partial charge in [0.05, 0.1) is 17.1 Å². The quantitative estimate of drug-likeness (QED) is 0.554. The van der Waals surface area contributed by atoms with Crippen LogP contribution in [-0.4, -0.2) is 10.7 Å². The van der Waals surface area contributed by atoms with E-state index >= 15 is 0 Å². The van der Waals surface area contributed by atoms with Gasteiger partial charge in [-0.25, -0.2) is 4.99 Å². The number of pyridine rings is 1. The summed E-state index contributed by atoms with van der Waals surface area (Å²) in [5, 5.41) is 3.49. The minimum atomic E-state index is 0.901. The molecule has 0 saturated heterocycles. The van der Waals surface area contributed by atoms with Gasteiger partial charge in [0.25, 0.3) is 0 Å². The smallest absolute Gasteiger partial charge is 0.108 e. The van der Waals surface area contributed by atoms with Gasteiger partial charge in [-0.2, -0.15) is 0 Å². The zero-order valence-electron chi connectivity index (χ0n) is 12.2. The largest absolute Gasteiger partial charge is 0.353 e. The van der Waals surface area contributed by atoms with Crippen LogP contribution in [-0.2, 0) is 0 Å². The van der Waals surface area contributed by atoms with Crippen molar-refractivity contribution in [3.8, 4) is 0 Å². The molecule has 0 bridgehead atoms. The SMILES string of the molecule is Cc1nccc2c1N=C(c1ccccc1)c1ccccc1N2. The summed E-state index contributed by atoms with van der Waals surface area (Å²) < 4.78 is 0. The lowest BCUT2D eigenvalue weighted by molar-refractivity contribution is 1.19. The molecule has 3 nitrogen and oxygen atoms in total. The summed E-state index contributed by atoms with van der Waals surface area (Å²) >= 11 is 0. The number of nitrogens with zero attached hydrogens (tertiary/aromatic N) is 2. The molecule has 1 aromatic heterocycles. The number of anilines is 2. The van der Waals surface area contributed by atoms with E-state index in [0.29, 0.717) is 0 Å². The van der Waals surface area contributed by atoms with Gasteiger partial charge in [-0.05, 0) is 19.1 Å². The molecule has 2 heterocycles. The second kappa shape index (κ2) is 5.11. The lowest BCUT2D eigenvalue weighted by atomic mass is 10.0. The van der Waals surface area contributed by atoms with Gasteiger partial charge in [-0.15, -0.1) is 0 Å². The molecule has 3 aromatic rings. The fourth-order valence-electron chi connectivity index (χ4n) is 2.73. The number of aryl methyl sites for hydroxylation is 1. The Kier molecular flexibility index (Phi) is 2.97. The predicted molar refractivity (Wildman–Crippen MR) is 90.4 cm³/mol. The van der Waals surface area contributed by atoms with E-state index < -0.39 is 0 Å². The van der Waals surface area contributed by atoms with Gasteiger partial charge in [-0.3, -0.25) is 4.98 Å². The Hall–Kier alpha value is -2.94. The van der Waals surface area contributed by atoms with Gasteiger partial charge >= 0.3 is 0 Å². The highest BCUT2D eigenvalue weighted by molar-refractivity contribution is 6.18.